The zero-order chi connectivity index (χ0) is 20.2. The van der Waals surface area contributed by atoms with Crippen LogP contribution in [0.3, 0.4) is 0 Å². The zero-order valence-corrected chi connectivity index (χ0v) is 16.7. The molecule has 8 heteroatoms. The molecule has 29 heavy (non-hydrogen) atoms. The van der Waals surface area contributed by atoms with Crippen molar-refractivity contribution in [2.75, 3.05) is 47.8 Å². The molecule has 3 heterocycles. The van der Waals surface area contributed by atoms with E-state index in [1.807, 2.05) is 12.1 Å². The third kappa shape index (κ3) is 4.58. The number of anilines is 3. The maximum atomic E-state index is 13.3. The second-order valence-corrected chi connectivity index (χ2v) is 7.70. The Bertz CT molecular complexity index is 837. The molecule has 2 aliphatic heterocycles. The predicted octanol–water partition coefficient (Wildman–Crippen LogP) is 3.35. The molecule has 7 nitrogen and oxygen atoms in total. The highest BCUT2D eigenvalue weighted by atomic mass is 19.1. The molecular formula is C21H27FN6O. The van der Waals surface area contributed by atoms with Crippen LogP contribution < -0.4 is 15.1 Å². The van der Waals surface area contributed by atoms with Gasteiger partial charge in [-0.3, -0.25) is 0 Å². The maximum Gasteiger partial charge on any atom is 0.321 e. The molecule has 0 aliphatic carbocycles. The first-order valence-corrected chi connectivity index (χ1v) is 10.3. The lowest BCUT2D eigenvalue weighted by molar-refractivity contribution is 0.208. The summed E-state index contributed by atoms with van der Waals surface area (Å²) < 4.78 is 13.3. The minimum Gasteiger partial charge on any atom is -0.352 e. The first-order chi connectivity index (χ1) is 14.1. The Morgan fingerprint density at radius 1 is 1.03 bits per heavy atom. The highest BCUT2D eigenvalue weighted by Crippen LogP contribution is 2.24. The van der Waals surface area contributed by atoms with Crippen LogP contribution in [-0.2, 0) is 0 Å². The third-order valence-corrected chi connectivity index (χ3v) is 5.70. The van der Waals surface area contributed by atoms with E-state index in [1.54, 1.807) is 17.0 Å². The molecule has 1 atom stereocenters. The van der Waals surface area contributed by atoms with Gasteiger partial charge < -0.3 is 20.0 Å². The number of halogens is 1. The predicted molar refractivity (Wildman–Crippen MR) is 112 cm³/mol. The number of hydrogen-bond acceptors (Lipinski definition) is 5. The Morgan fingerprint density at radius 2 is 1.79 bits per heavy atom. The van der Waals surface area contributed by atoms with Crippen LogP contribution in [0.15, 0.2) is 36.4 Å². The Labute approximate surface area is 170 Å². The monoisotopic (exact) mass is 398 g/mol. The van der Waals surface area contributed by atoms with Crippen LogP contribution in [0.25, 0.3) is 0 Å². The molecule has 1 aromatic heterocycles. The molecule has 4 rings (SSSR count). The summed E-state index contributed by atoms with van der Waals surface area (Å²) in [5.74, 6) is 1.41. The molecule has 0 spiro atoms. The van der Waals surface area contributed by atoms with E-state index in [9.17, 15) is 9.18 Å². The molecule has 0 radical (unpaired) electrons. The minimum atomic E-state index is -0.367. The number of amides is 2. The van der Waals surface area contributed by atoms with Gasteiger partial charge in [0.05, 0.1) is 0 Å². The second-order valence-electron chi connectivity index (χ2n) is 7.70. The first kappa shape index (κ1) is 19.4. The number of urea groups is 1. The molecular weight excluding hydrogens is 371 g/mol. The number of benzene rings is 1. The Morgan fingerprint density at radius 3 is 2.48 bits per heavy atom. The Kier molecular flexibility index (Phi) is 5.78. The number of rotatable bonds is 3. The third-order valence-electron chi connectivity index (χ3n) is 5.70. The smallest absolute Gasteiger partial charge is 0.321 e. The van der Waals surface area contributed by atoms with Crippen molar-refractivity contribution >= 4 is 23.4 Å². The van der Waals surface area contributed by atoms with Gasteiger partial charge in [-0.1, -0.05) is 6.07 Å². The lowest BCUT2D eigenvalue weighted by Crippen LogP contribution is -2.50. The highest BCUT2D eigenvalue weighted by Gasteiger charge is 2.24. The standard InChI is InChI=1S/C21H27FN6O/c1-16-5-2-3-10-28(16)20-9-8-19(24-25-20)26-11-13-27(14-12-26)21(29)23-18-7-4-6-17(22)15-18/h4,6-9,15-16H,2-3,5,10-14H2,1H3,(H,23,29). The van der Waals surface area contributed by atoms with Gasteiger partial charge in [-0.05, 0) is 56.5 Å². The molecule has 2 fully saturated rings. The lowest BCUT2D eigenvalue weighted by Gasteiger charge is -2.36. The summed E-state index contributed by atoms with van der Waals surface area (Å²) in [5.41, 5.74) is 0.464. The van der Waals surface area contributed by atoms with Crippen molar-refractivity contribution < 1.29 is 9.18 Å². The fraction of sp³-hybridized carbons (Fsp3) is 0.476. The van der Waals surface area contributed by atoms with Gasteiger partial charge in [-0.25, -0.2) is 9.18 Å². The molecule has 0 saturated carbocycles. The van der Waals surface area contributed by atoms with E-state index in [-0.39, 0.29) is 11.8 Å². The number of piperazine rings is 1. The van der Waals surface area contributed by atoms with E-state index in [0.29, 0.717) is 37.9 Å². The summed E-state index contributed by atoms with van der Waals surface area (Å²) in [6.45, 7) is 5.80. The van der Waals surface area contributed by atoms with E-state index in [4.69, 9.17) is 0 Å². The van der Waals surface area contributed by atoms with Gasteiger partial charge >= 0.3 is 6.03 Å². The average Bonchev–Trinajstić information content (AvgIpc) is 2.74. The van der Waals surface area contributed by atoms with Crippen molar-refractivity contribution in [3.8, 4) is 0 Å². The largest absolute Gasteiger partial charge is 0.352 e. The van der Waals surface area contributed by atoms with Gasteiger partial charge in [-0.15, -0.1) is 10.2 Å². The Balaban J connectivity index is 1.31. The van der Waals surface area contributed by atoms with Gasteiger partial charge in [0.25, 0.3) is 0 Å². The van der Waals surface area contributed by atoms with Crippen LogP contribution in [0, 0.1) is 5.82 Å². The van der Waals surface area contributed by atoms with Crippen molar-refractivity contribution in [1.82, 2.24) is 15.1 Å². The molecule has 0 bridgehead atoms. The van der Waals surface area contributed by atoms with Crippen LogP contribution in [0.2, 0.25) is 0 Å². The van der Waals surface area contributed by atoms with E-state index < -0.39 is 0 Å². The van der Waals surface area contributed by atoms with Crippen LogP contribution in [0.1, 0.15) is 26.2 Å². The molecule has 1 unspecified atom stereocenters. The molecule has 2 amide bonds. The molecule has 154 valence electrons. The van der Waals surface area contributed by atoms with Crippen LogP contribution in [-0.4, -0.2) is 59.9 Å². The van der Waals surface area contributed by atoms with Crippen molar-refractivity contribution in [3.63, 3.8) is 0 Å². The lowest BCUT2D eigenvalue weighted by atomic mass is 10.0. The molecule has 1 N–H and O–H groups in total. The first-order valence-electron chi connectivity index (χ1n) is 10.3. The van der Waals surface area contributed by atoms with Crippen LogP contribution >= 0.6 is 0 Å². The van der Waals surface area contributed by atoms with Gasteiger partial charge in [0, 0.05) is 44.5 Å². The van der Waals surface area contributed by atoms with Crippen molar-refractivity contribution in [1.29, 1.82) is 0 Å². The zero-order valence-electron chi connectivity index (χ0n) is 16.7. The summed E-state index contributed by atoms with van der Waals surface area (Å²) in [5, 5.41) is 11.6. The summed E-state index contributed by atoms with van der Waals surface area (Å²) in [4.78, 5) is 18.6. The molecule has 2 aromatic rings. The van der Waals surface area contributed by atoms with E-state index in [0.717, 1.165) is 18.2 Å². The summed E-state index contributed by atoms with van der Waals surface area (Å²) >= 11 is 0. The highest BCUT2D eigenvalue weighted by molar-refractivity contribution is 5.89. The number of hydrogen-bond donors (Lipinski definition) is 1. The molecule has 1 aromatic carbocycles. The normalized spacial score (nSPS) is 19.9. The number of piperidine rings is 1. The van der Waals surface area contributed by atoms with Crippen molar-refractivity contribution in [2.45, 2.75) is 32.2 Å². The van der Waals surface area contributed by atoms with Gasteiger partial charge in [0.2, 0.25) is 0 Å². The van der Waals surface area contributed by atoms with Crippen LogP contribution in [0.4, 0.5) is 26.5 Å². The van der Waals surface area contributed by atoms with E-state index in [1.165, 1.54) is 31.4 Å². The van der Waals surface area contributed by atoms with Gasteiger partial charge in [-0.2, -0.15) is 0 Å². The number of carbonyl (C=O) groups is 1. The van der Waals surface area contributed by atoms with Gasteiger partial charge in [0.15, 0.2) is 11.6 Å². The van der Waals surface area contributed by atoms with Crippen molar-refractivity contribution in [3.05, 3.63) is 42.2 Å². The van der Waals surface area contributed by atoms with E-state index >= 15 is 0 Å². The van der Waals surface area contributed by atoms with Crippen molar-refractivity contribution in [2.24, 2.45) is 0 Å². The summed E-state index contributed by atoms with van der Waals surface area (Å²) in [6.07, 6.45) is 3.68. The minimum absolute atomic E-state index is 0.212. The van der Waals surface area contributed by atoms with Crippen LogP contribution in [0.5, 0.6) is 0 Å². The van der Waals surface area contributed by atoms with Gasteiger partial charge in [0.1, 0.15) is 5.82 Å². The Hall–Kier alpha value is -2.90. The number of nitrogens with zero attached hydrogens (tertiary/aromatic N) is 5. The number of carbonyl (C=O) groups excluding carboxylic acids is 1. The summed E-state index contributed by atoms with van der Waals surface area (Å²) in [6, 6.07) is 10.3. The maximum absolute atomic E-state index is 13.3. The van der Waals surface area contributed by atoms with E-state index in [2.05, 4.69) is 32.2 Å². The summed E-state index contributed by atoms with van der Waals surface area (Å²) in [7, 11) is 0. The topological polar surface area (TPSA) is 64.6 Å². The quantitative estimate of drug-likeness (QED) is 0.859. The SMILES string of the molecule is CC1CCCCN1c1ccc(N2CCN(C(=O)Nc3cccc(F)c3)CC2)nn1. The number of aromatic nitrogens is 2. The second kappa shape index (κ2) is 8.63. The number of nitrogens with one attached hydrogen (secondary N) is 1. The molecule has 2 saturated heterocycles. The fourth-order valence-electron chi connectivity index (χ4n) is 3.99. The molecule has 2 aliphatic rings. The average molecular weight is 398 g/mol. The fourth-order valence-corrected chi connectivity index (χ4v) is 3.99.